The van der Waals surface area contributed by atoms with E-state index in [1.807, 2.05) is 36.4 Å². The number of anilines is 3. The third-order valence-electron chi connectivity index (χ3n) is 5.31. The van der Waals surface area contributed by atoms with Crippen LogP contribution in [0.4, 0.5) is 17.2 Å². The third-order valence-corrected chi connectivity index (χ3v) is 5.31. The van der Waals surface area contributed by atoms with Crippen molar-refractivity contribution in [3.63, 3.8) is 0 Å². The van der Waals surface area contributed by atoms with Crippen LogP contribution in [0.15, 0.2) is 55.0 Å². The Kier molecular flexibility index (Phi) is 4.51. The van der Waals surface area contributed by atoms with Gasteiger partial charge in [0.1, 0.15) is 5.82 Å². The van der Waals surface area contributed by atoms with E-state index in [2.05, 4.69) is 30.4 Å². The van der Waals surface area contributed by atoms with E-state index in [1.165, 1.54) is 12.8 Å². The first-order valence-electron chi connectivity index (χ1n) is 9.89. The average molecular weight is 399 g/mol. The molecular weight excluding hydrogens is 378 g/mol. The Hall–Kier alpha value is -3.94. The van der Waals surface area contributed by atoms with Crippen molar-refractivity contribution in [2.45, 2.75) is 12.8 Å². The Morgan fingerprint density at radius 2 is 1.90 bits per heavy atom. The number of nitrogens with zero attached hydrogens (tertiary/aromatic N) is 4. The van der Waals surface area contributed by atoms with Crippen LogP contribution in [0.3, 0.4) is 0 Å². The first-order chi connectivity index (χ1) is 14.7. The molecule has 0 aliphatic carbocycles. The lowest BCUT2D eigenvalue weighted by atomic mass is 10.0. The summed E-state index contributed by atoms with van der Waals surface area (Å²) in [7, 11) is 0. The quantitative estimate of drug-likeness (QED) is 0.484. The molecule has 0 saturated carbocycles. The number of hydrogen-bond donors (Lipinski definition) is 3. The summed E-state index contributed by atoms with van der Waals surface area (Å²) in [6, 6.07) is 11.4. The average Bonchev–Trinajstić information content (AvgIpc) is 3.44. The molecule has 150 valence electrons. The van der Waals surface area contributed by atoms with E-state index in [4.69, 9.17) is 5.73 Å². The molecule has 1 saturated heterocycles. The Bertz CT molecular complexity index is 1210. The lowest BCUT2D eigenvalue weighted by Gasteiger charge is -2.16. The summed E-state index contributed by atoms with van der Waals surface area (Å²) in [5.74, 6) is 0.649. The van der Waals surface area contributed by atoms with Gasteiger partial charge in [-0.1, -0.05) is 6.07 Å². The second-order valence-electron chi connectivity index (χ2n) is 7.39. The number of hydrogen-bond acceptors (Lipinski definition) is 6. The highest BCUT2D eigenvalue weighted by molar-refractivity contribution is 6.11. The van der Waals surface area contributed by atoms with Crippen LogP contribution < -0.4 is 16.0 Å². The molecule has 1 aliphatic heterocycles. The number of nitrogens with one attached hydrogen (secondary N) is 2. The summed E-state index contributed by atoms with van der Waals surface area (Å²) >= 11 is 0. The van der Waals surface area contributed by atoms with Crippen molar-refractivity contribution in [3.05, 3.63) is 60.7 Å². The molecule has 0 bridgehead atoms. The molecule has 1 aliphatic rings. The Balaban J connectivity index is 1.40. The van der Waals surface area contributed by atoms with Crippen LogP contribution in [0.1, 0.15) is 23.3 Å². The van der Waals surface area contributed by atoms with Gasteiger partial charge in [-0.05, 0) is 48.7 Å². The van der Waals surface area contributed by atoms with Crippen molar-refractivity contribution < 1.29 is 4.79 Å². The molecule has 1 fully saturated rings. The normalized spacial score (nSPS) is 13.7. The number of benzene rings is 1. The van der Waals surface area contributed by atoms with E-state index >= 15 is 0 Å². The number of nitrogen functional groups attached to an aromatic ring is 1. The van der Waals surface area contributed by atoms with Gasteiger partial charge in [0, 0.05) is 36.4 Å². The Morgan fingerprint density at radius 1 is 1.03 bits per heavy atom. The number of carbonyl (C=O) groups excluding carboxylic acids is 1. The molecule has 5 rings (SSSR count). The molecule has 1 aromatic carbocycles. The van der Waals surface area contributed by atoms with Gasteiger partial charge in [-0.2, -0.15) is 5.10 Å². The second kappa shape index (κ2) is 7.47. The number of nitrogens with two attached hydrogens (primary N) is 1. The molecule has 4 N–H and O–H groups in total. The molecule has 0 radical (unpaired) electrons. The summed E-state index contributed by atoms with van der Waals surface area (Å²) in [5, 5.41) is 10.8. The number of H-pyrrole nitrogens is 1. The van der Waals surface area contributed by atoms with E-state index in [0.29, 0.717) is 17.1 Å². The standard InChI is InChI=1S/C22H21N7O/c23-16-9-15(11-24-12-16)14-3-5-19-18(10-14)21(28-27-19)22(30)26-17-4-6-20(25-13-17)29-7-1-2-8-29/h3-6,9-13H,1-2,7-8,23H2,(H,26,30)(H,27,28). The van der Waals surface area contributed by atoms with Crippen molar-refractivity contribution in [3.8, 4) is 11.1 Å². The molecule has 4 heterocycles. The minimum absolute atomic E-state index is 0.292. The summed E-state index contributed by atoms with van der Waals surface area (Å²) in [5.41, 5.74) is 9.97. The molecule has 8 nitrogen and oxygen atoms in total. The number of aromatic nitrogens is 4. The molecule has 4 aromatic rings. The first kappa shape index (κ1) is 18.1. The zero-order valence-electron chi connectivity index (χ0n) is 16.3. The summed E-state index contributed by atoms with van der Waals surface area (Å²) in [6.45, 7) is 2.06. The summed E-state index contributed by atoms with van der Waals surface area (Å²) < 4.78 is 0. The van der Waals surface area contributed by atoms with Gasteiger partial charge in [0.15, 0.2) is 5.69 Å². The highest BCUT2D eigenvalue weighted by Gasteiger charge is 2.17. The topological polar surface area (TPSA) is 113 Å². The molecule has 0 unspecified atom stereocenters. The van der Waals surface area contributed by atoms with E-state index in [0.717, 1.165) is 40.9 Å². The fourth-order valence-electron chi connectivity index (χ4n) is 3.77. The van der Waals surface area contributed by atoms with Crippen molar-refractivity contribution in [1.82, 2.24) is 20.2 Å². The van der Waals surface area contributed by atoms with E-state index < -0.39 is 0 Å². The van der Waals surface area contributed by atoms with Gasteiger partial charge in [-0.25, -0.2) is 4.98 Å². The first-order valence-corrected chi connectivity index (χ1v) is 9.89. The van der Waals surface area contributed by atoms with E-state index in [1.54, 1.807) is 18.6 Å². The van der Waals surface area contributed by atoms with E-state index in [9.17, 15) is 4.79 Å². The summed E-state index contributed by atoms with van der Waals surface area (Å²) in [4.78, 5) is 23.7. The molecule has 0 atom stereocenters. The van der Waals surface area contributed by atoms with Gasteiger partial charge in [0.25, 0.3) is 5.91 Å². The van der Waals surface area contributed by atoms with Crippen LogP contribution in [0, 0.1) is 0 Å². The minimum atomic E-state index is -0.292. The largest absolute Gasteiger partial charge is 0.397 e. The highest BCUT2D eigenvalue weighted by Crippen LogP contribution is 2.26. The van der Waals surface area contributed by atoms with Gasteiger partial charge < -0.3 is 16.0 Å². The zero-order chi connectivity index (χ0) is 20.5. The number of fused-ring (bicyclic) bond motifs is 1. The third kappa shape index (κ3) is 3.43. The minimum Gasteiger partial charge on any atom is -0.397 e. The number of pyridine rings is 2. The van der Waals surface area contributed by atoms with Crippen molar-refractivity contribution in [2.75, 3.05) is 29.0 Å². The van der Waals surface area contributed by atoms with Crippen LogP contribution in [0.25, 0.3) is 22.0 Å². The van der Waals surface area contributed by atoms with Crippen molar-refractivity contribution in [1.29, 1.82) is 0 Å². The molecule has 3 aromatic heterocycles. The molecular formula is C22H21N7O. The lowest BCUT2D eigenvalue weighted by molar-refractivity contribution is 0.102. The van der Waals surface area contributed by atoms with Crippen LogP contribution in [-0.2, 0) is 0 Å². The van der Waals surface area contributed by atoms with Gasteiger partial charge in [0.2, 0.25) is 0 Å². The monoisotopic (exact) mass is 399 g/mol. The maximum absolute atomic E-state index is 12.9. The maximum atomic E-state index is 12.9. The lowest BCUT2D eigenvalue weighted by Crippen LogP contribution is -2.19. The van der Waals surface area contributed by atoms with Crippen molar-refractivity contribution >= 4 is 34.0 Å². The fourth-order valence-corrected chi connectivity index (χ4v) is 3.77. The number of rotatable bonds is 4. The predicted octanol–water partition coefficient (Wildman–Crippen LogP) is 3.45. The van der Waals surface area contributed by atoms with Gasteiger partial charge in [-0.3, -0.25) is 14.9 Å². The van der Waals surface area contributed by atoms with Crippen molar-refractivity contribution in [2.24, 2.45) is 0 Å². The number of carbonyl (C=O) groups is 1. The van der Waals surface area contributed by atoms with Crippen LogP contribution in [0.5, 0.6) is 0 Å². The molecule has 1 amide bonds. The predicted molar refractivity (Wildman–Crippen MR) is 117 cm³/mol. The maximum Gasteiger partial charge on any atom is 0.276 e. The highest BCUT2D eigenvalue weighted by atomic mass is 16.1. The number of amides is 1. The van der Waals surface area contributed by atoms with Gasteiger partial charge in [0.05, 0.1) is 23.1 Å². The van der Waals surface area contributed by atoms with E-state index in [-0.39, 0.29) is 5.91 Å². The molecule has 0 spiro atoms. The molecule has 8 heteroatoms. The zero-order valence-corrected chi connectivity index (χ0v) is 16.3. The molecule has 30 heavy (non-hydrogen) atoms. The Morgan fingerprint density at radius 3 is 2.67 bits per heavy atom. The fraction of sp³-hybridized carbons (Fsp3) is 0.182. The smallest absolute Gasteiger partial charge is 0.276 e. The van der Waals surface area contributed by atoms with Crippen LogP contribution >= 0.6 is 0 Å². The van der Waals surface area contributed by atoms with Gasteiger partial charge in [-0.15, -0.1) is 0 Å². The SMILES string of the molecule is Nc1cncc(-c2ccc3[nH]nc(C(=O)Nc4ccc(N5CCCC5)nc4)c3c2)c1. The summed E-state index contributed by atoms with van der Waals surface area (Å²) in [6.07, 6.45) is 7.41. The second-order valence-corrected chi connectivity index (χ2v) is 7.39. The van der Waals surface area contributed by atoms with Crippen LogP contribution in [-0.4, -0.2) is 39.2 Å². The van der Waals surface area contributed by atoms with Gasteiger partial charge >= 0.3 is 0 Å². The van der Waals surface area contributed by atoms with Crippen LogP contribution in [0.2, 0.25) is 0 Å². The number of aromatic amines is 1. The Labute approximate surface area is 173 Å².